The van der Waals surface area contributed by atoms with Crippen molar-refractivity contribution >= 4 is 17.3 Å². The van der Waals surface area contributed by atoms with Crippen LogP contribution < -0.4 is 9.64 Å². The molecule has 1 saturated heterocycles. The topological polar surface area (TPSA) is 35.9 Å². The monoisotopic (exact) mass is 412 g/mol. The lowest BCUT2D eigenvalue weighted by Crippen LogP contribution is -2.49. The van der Waals surface area contributed by atoms with Gasteiger partial charge in [0.2, 0.25) is 0 Å². The Kier molecular flexibility index (Phi) is 6.43. The van der Waals surface area contributed by atoms with Crippen molar-refractivity contribution in [1.82, 2.24) is 4.90 Å². The number of hydrogen-bond donors (Lipinski definition) is 1. The maximum absolute atomic E-state index is 10.4. The highest BCUT2D eigenvalue weighted by molar-refractivity contribution is 6.30. The van der Waals surface area contributed by atoms with E-state index < -0.39 is 6.10 Å². The van der Waals surface area contributed by atoms with Gasteiger partial charge in [0.25, 0.3) is 0 Å². The van der Waals surface area contributed by atoms with Crippen molar-refractivity contribution in [3.05, 3.63) is 70.8 Å². The SMILES string of the molecule is C=C1CCc2ccc(OC[C@@H](O)CN3CCN(c4ccc(Cl)cc4)CC3)cc2C1. The summed E-state index contributed by atoms with van der Waals surface area (Å²) < 4.78 is 5.88. The molecule has 1 N–H and O–H groups in total. The van der Waals surface area contributed by atoms with Gasteiger partial charge in [0.15, 0.2) is 0 Å². The smallest absolute Gasteiger partial charge is 0.119 e. The van der Waals surface area contributed by atoms with Crippen LogP contribution in [0.2, 0.25) is 5.02 Å². The number of aliphatic hydroxyl groups excluding tert-OH is 1. The Morgan fingerprint density at radius 2 is 1.76 bits per heavy atom. The van der Waals surface area contributed by atoms with Gasteiger partial charge < -0.3 is 14.7 Å². The lowest BCUT2D eigenvalue weighted by atomic mass is 9.89. The summed E-state index contributed by atoms with van der Waals surface area (Å²) in [6.45, 7) is 8.83. The Hall–Kier alpha value is -2.01. The van der Waals surface area contributed by atoms with Gasteiger partial charge in [-0.1, -0.05) is 29.8 Å². The molecule has 0 radical (unpaired) electrons. The van der Waals surface area contributed by atoms with Crippen molar-refractivity contribution in [2.24, 2.45) is 0 Å². The minimum Gasteiger partial charge on any atom is -0.491 e. The average molecular weight is 413 g/mol. The molecule has 0 spiro atoms. The predicted molar refractivity (Wildman–Crippen MR) is 119 cm³/mol. The molecule has 2 aromatic carbocycles. The van der Waals surface area contributed by atoms with Gasteiger partial charge in [0.05, 0.1) is 0 Å². The number of hydrogen-bond acceptors (Lipinski definition) is 4. The number of anilines is 1. The molecule has 4 nitrogen and oxygen atoms in total. The molecule has 0 amide bonds. The molecule has 2 aliphatic rings. The molecule has 1 atom stereocenters. The van der Waals surface area contributed by atoms with Crippen molar-refractivity contribution in [3.8, 4) is 5.75 Å². The van der Waals surface area contributed by atoms with Gasteiger partial charge in [-0.15, -0.1) is 0 Å². The fourth-order valence-corrected chi connectivity index (χ4v) is 4.28. The number of ether oxygens (including phenoxy) is 1. The molecular formula is C24H29ClN2O2. The number of aryl methyl sites for hydroxylation is 1. The first-order valence-electron chi connectivity index (χ1n) is 10.4. The Morgan fingerprint density at radius 3 is 2.52 bits per heavy atom. The number of allylic oxidation sites excluding steroid dienone is 1. The van der Waals surface area contributed by atoms with Crippen molar-refractivity contribution in [2.75, 3.05) is 44.2 Å². The van der Waals surface area contributed by atoms with Gasteiger partial charge in [-0.2, -0.15) is 0 Å². The van der Waals surface area contributed by atoms with Crippen LogP contribution in [0.3, 0.4) is 0 Å². The molecule has 29 heavy (non-hydrogen) atoms. The lowest BCUT2D eigenvalue weighted by molar-refractivity contribution is 0.0663. The molecule has 0 unspecified atom stereocenters. The molecule has 4 rings (SSSR count). The highest BCUT2D eigenvalue weighted by Crippen LogP contribution is 2.27. The Bertz CT molecular complexity index is 844. The number of fused-ring (bicyclic) bond motifs is 1. The minimum atomic E-state index is -0.497. The first kappa shape index (κ1) is 20.3. The highest BCUT2D eigenvalue weighted by atomic mass is 35.5. The number of rotatable bonds is 6. The number of β-amino-alcohol motifs (C(OH)–C–C–N with tert-alkyl or cyclic N) is 1. The van der Waals surface area contributed by atoms with E-state index in [4.69, 9.17) is 16.3 Å². The van der Waals surface area contributed by atoms with E-state index in [9.17, 15) is 5.11 Å². The van der Waals surface area contributed by atoms with Crippen molar-refractivity contribution in [3.63, 3.8) is 0 Å². The zero-order chi connectivity index (χ0) is 20.2. The van der Waals surface area contributed by atoms with Gasteiger partial charge in [-0.25, -0.2) is 0 Å². The van der Waals surface area contributed by atoms with E-state index in [0.717, 1.165) is 56.2 Å². The van der Waals surface area contributed by atoms with Gasteiger partial charge >= 0.3 is 0 Å². The average Bonchev–Trinajstić information content (AvgIpc) is 2.73. The Labute approximate surface area is 178 Å². The third-order valence-electron chi connectivity index (χ3n) is 5.84. The maximum atomic E-state index is 10.4. The fraction of sp³-hybridized carbons (Fsp3) is 0.417. The summed E-state index contributed by atoms with van der Waals surface area (Å²) in [6, 6.07) is 14.3. The van der Waals surface area contributed by atoms with Crippen LogP contribution in [0.1, 0.15) is 17.5 Å². The number of nitrogens with zero attached hydrogens (tertiary/aromatic N) is 2. The number of benzene rings is 2. The van der Waals surface area contributed by atoms with E-state index in [1.165, 1.54) is 22.4 Å². The van der Waals surface area contributed by atoms with Crippen LogP contribution in [-0.4, -0.2) is 55.4 Å². The first-order chi connectivity index (χ1) is 14.1. The lowest BCUT2D eigenvalue weighted by Gasteiger charge is -2.36. The van der Waals surface area contributed by atoms with Gasteiger partial charge in [-0.3, -0.25) is 4.90 Å². The largest absolute Gasteiger partial charge is 0.491 e. The van der Waals surface area contributed by atoms with Gasteiger partial charge in [0.1, 0.15) is 18.5 Å². The molecule has 0 aromatic heterocycles. The molecule has 1 aliphatic heterocycles. The number of piperazine rings is 1. The molecule has 2 aromatic rings. The summed E-state index contributed by atoms with van der Waals surface area (Å²) in [5, 5.41) is 11.2. The maximum Gasteiger partial charge on any atom is 0.119 e. The highest BCUT2D eigenvalue weighted by Gasteiger charge is 2.20. The quantitative estimate of drug-likeness (QED) is 0.729. The van der Waals surface area contributed by atoms with Crippen LogP contribution in [0.15, 0.2) is 54.6 Å². The van der Waals surface area contributed by atoms with Crippen LogP contribution in [-0.2, 0) is 12.8 Å². The van der Waals surface area contributed by atoms with E-state index in [1.807, 2.05) is 18.2 Å². The molecule has 154 valence electrons. The second-order valence-corrected chi connectivity index (χ2v) is 8.52. The van der Waals surface area contributed by atoms with Crippen molar-refractivity contribution in [2.45, 2.75) is 25.4 Å². The standard InChI is InChI=1S/C24H29ClN2O2/c1-18-2-3-19-4-9-24(15-20(19)14-18)29-17-23(28)16-26-10-12-27(13-11-26)22-7-5-21(25)6-8-22/h4-9,15,23,28H,1-3,10-14,16-17H2/t23-/m0/s1. The summed E-state index contributed by atoms with van der Waals surface area (Å²) in [6.07, 6.45) is 2.59. The van der Waals surface area contributed by atoms with E-state index in [2.05, 4.69) is 40.6 Å². The minimum absolute atomic E-state index is 0.317. The van der Waals surface area contributed by atoms with Crippen molar-refractivity contribution < 1.29 is 9.84 Å². The second-order valence-electron chi connectivity index (χ2n) is 8.09. The normalized spacial score (nSPS) is 18.4. The Morgan fingerprint density at radius 1 is 1.00 bits per heavy atom. The number of aliphatic hydroxyl groups is 1. The molecule has 1 heterocycles. The van der Waals surface area contributed by atoms with E-state index >= 15 is 0 Å². The van der Waals surface area contributed by atoms with Crippen LogP contribution in [0, 0.1) is 0 Å². The number of halogens is 1. The van der Waals surface area contributed by atoms with E-state index in [1.54, 1.807) is 0 Å². The molecule has 1 aliphatic carbocycles. The molecule has 1 fully saturated rings. The van der Waals surface area contributed by atoms with Crippen LogP contribution >= 0.6 is 11.6 Å². The molecular weight excluding hydrogens is 384 g/mol. The molecule has 5 heteroatoms. The molecule has 0 bridgehead atoms. The third-order valence-corrected chi connectivity index (χ3v) is 6.09. The second kappa shape index (κ2) is 9.21. The van der Waals surface area contributed by atoms with Crippen molar-refractivity contribution in [1.29, 1.82) is 0 Å². The van der Waals surface area contributed by atoms with Crippen LogP contribution in [0.25, 0.3) is 0 Å². The zero-order valence-corrected chi connectivity index (χ0v) is 17.6. The predicted octanol–water partition coefficient (Wildman–Crippen LogP) is 3.95. The van der Waals surface area contributed by atoms with Gasteiger partial charge in [0, 0.05) is 43.4 Å². The third kappa shape index (κ3) is 5.33. The van der Waals surface area contributed by atoms with E-state index in [0.29, 0.717) is 13.2 Å². The summed E-state index contributed by atoms with van der Waals surface area (Å²) in [5.74, 6) is 0.838. The van der Waals surface area contributed by atoms with Crippen LogP contribution in [0.5, 0.6) is 5.75 Å². The van der Waals surface area contributed by atoms with Gasteiger partial charge in [-0.05, 0) is 66.8 Å². The summed E-state index contributed by atoms with van der Waals surface area (Å²) in [5.41, 5.74) is 5.19. The first-order valence-corrected chi connectivity index (χ1v) is 10.8. The summed E-state index contributed by atoms with van der Waals surface area (Å²) in [7, 11) is 0. The van der Waals surface area contributed by atoms with E-state index in [-0.39, 0.29) is 0 Å². The summed E-state index contributed by atoms with van der Waals surface area (Å²) >= 11 is 5.98. The fourth-order valence-electron chi connectivity index (χ4n) is 4.15. The molecule has 0 saturated carbocycles. The zero-order valence-electron chi connectivity index (χ0n) is 16.8. The summed E-state index contributed by atoms with van der Waals surface area (Å²) in [4.78, 5) is 4.66. The Balaban J connectivity index is 1.22. The van der Waals surface area contributed by atoms with Crippen LogP contribution in [0.4, 0.5) is 5.69 Å².